The highest BCUT2D eigenvalue weighted by atomic mass is 32.1. The summed E-state index contributed by atoms with van der Waals surface area (Å²) in [5.74, 6) is 0.894. The van der Waals surface area contributed by atoms with Gasteiger partial charge < -0.3 is 4.98 Å². The summed E-state index contributed by atoms with van der Waals surface area (Å²) in [4.78, 5) is 7.82. The van der Waals surface area contributed by atoms with Crippen molar-refractivity contribution in [3.63, 3.8) is 0 Å². The van der Waals surface area contributed by atoms with Gasteiger partial charge in [0.2, 0.25) is 0 Å². The van der Waals surface area contributed by atoms with Crippen LogP contribution in [0.1, 0.15) is 17.0 Å². The third-order valence-corrected chi connectivity index (χ3v) is 3.58. The highest BCUT2D eigenvalue weighted by Gasteiger charge is 2.03. The second-order valence-corrected chi connectivity index (χ2v) is 5.53. The van der Waals surface area contributed by atoms with Crippen molar-refractivity contribution in [1.82, 2.24) is 9.97 Å². The van der Waals surface area contributed by atoms with E-state index in [0.717, 1.165) is 23.5 Å². The van der Waals surface area contributed by atoms with Crippen LogP contribution in [0.2, 0.25) is 0 Å². The lowest BCUT2D eigenvalue weighted by atomic mass is 10.1. The fourth-order valence-corrected chi connectivity index (χ4v) is 2.49. The van der Waals surface area contributed by atoms with Crippen molar-refractivity contribution in [3.8, 4) is 11.3 Å². The lowest BCUT2D eigenvalue weighted by molar-refractivity contribution is 0.964. The van der Waals surface area contributed by atoms with Gasteiger partial charge in [-0.25, -0.2) is 4.98 Å². The monoisotopic (exact) mass is 292 g/mol. The lowest BCUT2D eigenvalue weighted by Crippen LogP contribution is -1.98. The van der Waals surface area contributed by atoms with Crippen LogP contribution in [0.25, 0.3) is 11.3 Å². The molecule has 0 aliphatic rings. The molecule has 0 amide bonds. The third kappa shape index (κ3) is 3.44. The zero-order valence-corrected chi connectivity index (χ0v) is 12.7. The Kier molecular flexibility index (Phi) is 3.93. The summed E-state index contributed by atoms with van der Waals surface area (Å²) in [6.07, 6.45) is 0.755. The molecule has 2 nitrogen and oxygen atoms in total. The molecule has 0 saturated heterocycles. The molecular formula is C18H16N2S. The van der Waals surface area contributed by atoms with E-state index in [9.17, 15) is 0 Å². The number of hydrogen-bond acceptors (Lipinski definition) is 2. The summed E-state index contributed by atoms with van der Waals surface area (Å²) in [5, 5.41) is 0. The van der Waals surface area contributed by atoms with Gasteiger partial charge in [0, 0.05) is 12.1 Å². The lowest BCUT2D eigenvalue weighted by Gasteiger charge is -2.07. The van der Waals surface area contributed by atoms with Crippen molar-refractivity contribution in [2.45, 2.75) is 13.3 Å². The van der Waals surface area contributed by atoms with Gasteiger partial charge in [-0.2, -0.15) is 0 Å². The third-order valence-electron chi connectivity index (χ3n) is 3.37. The molecule has 0 atom stereocenters. The first-order valence-corrected chi connectivity index (χ1v) is 7.33. The molecule has 0 bridgehead atoms. The molecule has 3 heteroatoms. The zero-order valence-electron chi connectivity index (χ0n) is 11.8. The van der Waals surface area contributed by atoms with Crippen LogP contribution < -0.4 is 0 Å². The van der Waals surface area contributed by atoms with Gasteiger partial charge in [-0.3, -0.25) is 0 Å². The molecule has 0 saturated carbocycles. The van der Waals surface area contributed by atoms with E-state index in [2.05, 4.69) is 53.3 Å². The van der Waals surface area contributed by atoms with E-state index in [0.29, 0.717) is 4.64 Å². The number of rotatable bonds is 3. The first kappa shape index (κ1) is 13.7. The summed E-state index contributed by atoms with van der Waals surface area (Å²) in [5.41, 5.74) is 4.62. The van der Waals surface area contributed by atoms with Gasteiger partial charge in [0.1, 0.15) is 10.5 Å². The smallest absolute Gasteiger partial charge is 0.130 e. The van der Waals surface area contributed by atoms with E-state index >= 15 is 0 Å². The van der Waals surface area contributed by atoms with Gasteiger partial charge in [0.15, 0.2) is 0 Å². The summed E-state index contributed by atoms with van der Waals surface area (Å²) < 4.78 is 0.620. The highest BCUT2D eigenvalue weighted by Crippen LogP contribution is 2.17. The maximum absolute atomic E-state index is 5.29. The molecule has 2 aromatic carbocycles. The number of aromatic amines is 1. The molecule has 21 heavy (non-hydrogen) atoms. The predicted octanol–water partition coefficient (Wildman–Crippen LogP) is 4.71. The maximum Gasteiger partial charge on any atom is 0.130 e. The summed E-state index contributed by atoms with van der Waals surface area (Å²) in [6.45, 7) is 2.09. The van der Waals surface area contributed by atoms with Crippen molar-refractivity contribution >= 4 is 12.2 Å². The van der Waals surface area contributed by atoms with E-state index in [1.807, 2.05) is 24.3 Å². The first-order chi connectivity index (χ1) is 10.2. The highest BCUT2D eigenvalue weighted by molar-refractivity contribution is 7.71. The van der Waals surface area contributed by atoms with Crippen LogP contribution in [0, 0.1) is 11.6 Å². The van der Waals surface area contributed by atoms with Crippen LogP contribution in [0.15, 0.2) is 60.7 Å². The molecule has 1 aromatic heterocycles. The molecule has 0 unspecified atom stereocenters. The van der Waals surface area contributed by atoms with Crippen molar-refractivity contribution in [2.24, 2.45) is 0 Å². The second kappa shape index (κ2) is 6.02. The van der Waals surface area contributed by atoms with E-state index in [-0.39, 0.29) is 0 Å². The first-order valence-electron chi connectivity index (χ1n) is 6.92. The molecule has 1 N–H and O–H groups in total. The number of H-pyrrole nitrogens is 1. The second-order valence-electron chi connectivity index (χ2n) is 5.11. The van der Waals surface area contributed by atoms with Crippen molar-refractivity contribution in [1.29, 1.82) is 0 Å². The Balaban J connectivity index is 1.95. The summed E-state index contributed by atoms with van der Waals surface area (Å²) in [6, 6.07) is 20.6. The fourth-order valence-electron chi connectivity index (χ4n) is 2.26. The van der Waals surface area contributed by atoms with Gasteiger partial charge in [0.05, 0.1) is 0 Å². The van der Waals surface area contributed by atoms with Crippen molar-refractivity contribution < 1.29 is 0 Å². The minimum atomic E-state index is 0.620. The molecule has 3 aromatic rings. The predicted molar refractivity (Wildman–Crippen MR) is 88.8 cm³/mol. The number of nitrogens with one attached hydrogen (secondary N) is 1. The van der Waals surface area contributed by atoms with Gasteiger partial charge >= 0.3 is 0 Å². The molecule has 3 rings (SSSR count). The largest absolute Gasteiger partial charge is 0.343 e. The molecular weight excluding hydrogens is 276 g/mol. The minimum absolute atomic E-state index is 0.620. The Bertz CT molecular complexity index is 789. The standard InChI is InChI=1S/C18H16N2S/c1-13-7-9-14(10-8-13)11-17-19-16(12-18(21)20-17)15-5-3-2-4-6-15/h2-10,12H,11H2,1H3,(H,19,20,21). The quantitative estimate of drug-likeness (QED) is 0.708. The Morgan fingerprint density at radius 3 is 2.43 bits per heavy atom. The normalized spacial score (nSPS) is 10.5. The molecule has 0 aliphatic carbocycles. The van der Waals surface area contributed by atoms with E-state index in [1.54, 1.807) is 0 Å². The number of hydrogen-bond donors (Lipinski definition) is 1. The van der Waals surface area contributed by atoms with Crippen molar-refractivity contribution in [3.05, 3.63) is 82.3 Å². The van der Waals surface area contributed by atoms with E-state index < -0.39 is 0 Å². The average Bonchev–Trinajstić information content (AvgIpc) is 2.50. The Labute approximate surface area is 129 Å². The van der Waals surface area contributed by atoms with E-state index in [4.69, 9.17) is 12.2 Å². The van der Waals surface area contributed by atoms with Gasteiger partial charge in [-0.15, -0.1) is 0 Å². The van der Waals surface area contributed by atoms with Crippen LogP contribution in [-0.4, -0.2) is 9.97 Å². The number of nitrogens with zero attached hydrogens (tertiary/aromatic N) is 1. The molecule has 0 spiro atoms. The zero-order chi connectivity index (χ0) is 14.7. The van der Waals surface area contributed by atoms with E-state index in [1.165, 1.54) is 11.1 Å². The van der Waals surface area contributed by atoms with Gasteiger partial charge in [0.25, 0.3) is 0 Å². The summed E-state index contributed by atoms with van der Waals surface area (Å²) >= 11 is 5.29. The topological polar surface area (TPSA) is 28.7 Å². The van der Waals surface area contributed by atoms with Crippen LogP contribution >= 0.6 is 12.2 Å². The summed E-state index contributed by atoms with van der Waals surface area (Å²) in [7, 11) is 0. The van der Waals surface area contributed by atoms with Crippen LogP contribution in [0.5, 0.6) is 0 Å². The molecule has 0 fully saturated rings. The fraction of sp³-hybridized carbons (Fsp3) is 0.111. The van der Waals surface area contributed by atoms with Crippen LogP contribution in [0.3, 0.4) is 0 Å². The van der Waals surface area contributed by atoms with Crippen molar-refractivity contribution in [2.75, 3.05) is 0 Å². The SMILES string of the molecule is Cc1ccc(Cc2nc(=S)cc(-c3ccccc3)[nH]2)cc1. The van der Waals surface area contributed by atoms with Gasteiger partial charge in [-0.1, -0.05) is 72.4 Å². The number of aryl methyl sites for hydroxylation is 1. The van der Waals surface area contributed by atoms with Gasteiger partial charge in [-0.05, 0) is 24.1 Å². The molecule has 1 heterocycles. The number of aromatic nitrogens is 2. The average molecular weight is 292 g/mol. The Morgan fingerprint density at radius 2 is 1.71 bits per heavy atom. The maximum atomic E-state index is 5.29. The number of benzene rings is 2. The Morgan fingerprint density at radius 1 is 1.00 bits per heavy atom. The molecule has 104 valence electrons. The van der Waals surface area contributed by atoms with Crippen LogP contribution in [-0.2, 0) is 6.42 Å². The molecule has 0 aliphatic heterocycles. The van der Waals surface area contributed by atoms with Crippen LogP contribution in [0.4, 0.5) is 0 Å². The Hall–Kier alpha value is -2.26. The molecule has 0 radical (unpaired) electrons. The minimum Gasteiger partial charge on any atom is -0.343 e.